The average Bonchev–Trinajstić information content (AvgIpc) is 2.69. The van der Waals surface area contributed by atoms with Gasteiger partial charge < -0.3 is 10.0 Å². The molecule has 19 heavy (non-hydrogen) atoms. The van der Waals surface area contributed by atoms with E-state index in [-0.39, 0.29) is 18.2 Å². The number of aliphatic carboxylic acids is 1. The van der Waals surface area contributed by atoms with Crippen LogP contribution in [0.3, 0.4) is 0 Å². The molecule has 106 valence electrons. The Hall–Kier alpha value is -1.85. The van der Waals surface area contributed by atoms with Crippen molar-refractivity contribution in [3.05, 3.63) is 17.5 Å². The Morgan fingerprint density at radius 2 is 2.11 bits per heavy atom. The van der Waals surface area contributed by atoms with Gasteiger partial charge in [0.25, 0.3) is 5.91 Å². The standard InChI is InChI=1S/C13H21N3O3/c1-9(2)12-10(8-16(4)14-12)13(19)15(3)7-5-6-11(17)18/h8-9H,5-7H2,1-4H3,(H,17,18). The van der Waals surface area contributed by atoms with Crippen LogP contribution in [0, 0.1) is 0 Å². The molecule has 0 aliphatic rings. The largest absolute Gasteiger partial charge is 0.481 e. The number of rotatable bonds is 6. The molecule has 1 aromatic heterocycles. The van der Waals surface area contributed by atoms with Crippen LogP contribution in [0.15, 0.2) is 6.20 Å². The first kappa shape index (κ1) is 15.2. The second-order valence-corrected chi connectivity index (χ2v) is 4.98. The lowest BCUT2D eigenvalue weighted by molar-refractivity contribution is -0.137. The minimum atomic E-state index is -0.843. The van der Waals surface area contributed by atoms with Gasteiger partial charge in [0.1, 0.15) is 0 Å². The maximum atomic E-state index is 12.3. The molecular formula is C13H21N3O3. The summed E-state index contributed by atoms with van der Waals surface area (Å²) in [5.74, 6) is -0.778. The van der Waals surface area contributed by atoms with Crippen molar-refractivity contribution < 1.29 is 14.7 Å². The second-order valence-electron chi connectivity index (χ2n) is 4.98. The van der Waals surface area contributed by atoms with Gasteiger partial charge in [0.15, 0.2) is 0 Å². The van der Waals surface area contributed by atoms with Gasteiger partial charge >= 0.3 is 5.97 Å². The summed E-state index contributed by atoms with van der Waals surface area (Å²) >= 11 is 0. The van der Waals surface area contributed by atoms with E-state index >= 15 is 0 Å². The van der Waals surface area contributed by atoms with Gasteiger partial charge in [-0.05, 0) is 12.3 Å². The molecule has 1 N–H and O–H groups in total. The fourth-order valence-electron chi connectivity index (χ4n) is 1.87. The Balaban J connectivity index is 2.74. The summed E-state index contributed by atoms with van der Waals surface area (Å²) in [5.41, 5.74) is 1.37. The average molecular weight is 267 g/mol. The third-order valence-corrected chi connectivity index (χ3v) is 2.87. The molecule has 0 atom stereocenters. The molecule has 1 rings (SSSR count). The van der Waals surface area contributed by atoms with E-state index in [1.807, 2.05) is 13.8 Å². The monoisotopic (exact) mass is 267 g/mol. The number of aryl methyl sites for hydroxylation is 1. The number of carbonyl (C=O) groups is 2. The van der Waals surface area contributed by atoms with Crippen LogP contribution in [0.4, 0.5) is 0 Å². The van der Waals surface area contributed by atoms with E-state index in [9.17, 15) is 9.59 Å². The fraction of sp³-hybridized carbons (Fsp3) is 0.615. The molecule has 0 radical (unpaired) electrons. The Morgan fingerprint density at radius 1 is 1.47 bits per heavy atom. The van der Waals surface area contributed by atoms with E-state index in [1.54, 1.807) is 29.9 Å². The van der Waals surface area contributed by atoms with Gasteiger partial charge in [-0.25, -0.2) is 0 Å². The number of amides is 1. The Morgan fingerprint density at radius 3 is 2.63 bits per heavy atom. The van der Waals surface area contributed by atoms with Crippen LogP contribution >= 0.6 is 0 Å². The summed E-state index contributed by atoms with van der Waals surface area (Å²) < 4.78 is 1.63. The van der Waals surface area contributed by atoms with Crippen LogP contribution < -0.4 is 0 Å². The molecule has 0 saturated carbocycles. The Labute approximate surface area is 113 Å². The number of carbonyl (C=O) groups excluding carboxylic acids is 1. The molecule has 1 aromatic rings. The summed E-state index contributed by atoms with van der Waals surface area (Å²) in [4.78, 5) is 24.3. The SMILES string of the molecule is CC(C)c1nn(C)cc1C(=O)N(C)CCCC(=O)O. The van der Waals surface area contributed by atoms with E-state index < -0.39 is 5.97 Å². The Kier molecular flexibility index (Phi) is 5.09. The third-order valence-electron chi connectivity index (χ3n) is 2.87. The summed E-state index contributed by atoms with van der Waals surface area (Å²) in [6.45, 7) is 4.41. The van der Waals surface area contributed by atoms with Crippen LogP contribution in [0.2, 0.25) is 0 Å². The second kappa shape index (κ2) is 6.36. The summed E-state index contributed by atoms with van der Waals surface area (Å²) in [7, 11) is 3.47. The van der Waals surface area contributed by atoms with Gasteiger partial charge in [0.05, 0.1) is 11.3 Å². The highest BCUT2D eigenvalue weighted by atomic mass is 16.4. The van der Waals surface area contributed by atoms with E-state index in [2.05, 4.69) is 5.10 Å². The van der Waals surface area contributed by atoms with Crippen molar-refractivity contribution in [1.29, 1.82) is 0 Å². The molecule has 0 fully saturated rings. The molecule has 0 aliphatic carbocycles. The first-order valence-corrected chi connectivity index (χ1v) is 6.33. The number of carboxylic acids is 1. The lowest BCUT2D eigenvalue weighted by atomic mass is 10.1. The Bertz CT molecular complexity index is 466. The summed E-state index contributed by atoms with van der Waals surface area (Å²) in [6.07, 6.45) is 2.24. The smallest absolute Gasteiger partial charge is 0.303 e. The number of aromatic nitrogens is 2. The number of nitrogens with zero attached hydrogens (tertiary/aromatic N) is 3. The van der Waals surface area contributed by atoms with E-state index in [0.29, 0.717) is 18.5 Å². The summed E-state index contributed by atoms with van der Waals surface area (Å²) in [6, 6.07) is 0. The highest BCUT2D eigenvalue weighted by Gasteiger charge is 2.20. The lowest BCUT2D eigenvalue weighted by Gasteiger charge is -2.17. The molecule has 6 heteroatoms. The molecule has 1 amide bonds. The number of carboxylic acid groups (broad SMARTS) is 1. The van der Waals surface area contributed by atoms with Gasteiger partial charge in [-0.15, -0.1) is 0 Å². The van der Waals surface area contributed by atoms with Crippen molar-refractivity contribution in [1.82, 2.24) is 14.7 Å². The van der Waals surface area contributed by atoms with Crippen molar-refractivity contribution in [3.63, 3.8) is 0 Å². The minimum absolute atomic E-state index is 0.0711. The van der Waals surface area contributed by atoms with Crippen molar-refractivity contribution >= 4 is 11.9 Å². The van der Waals surface area contributed by atoms with Crippen molar-refractivity contribution in [2.24, 2.45) is 7.05 Å². The summed E-state index contributed by atoms with van der Waals surface area (Å²) in [5, 5.41) is 12.9. The zero-order valence-electron chi connectivity index (χ0n) is 11.9. The van der Waals surface area contributed by atoms with Crippen molar-refractivity contribution in [3.8, 4) is 0 Å². The zero-order chi connectivity index (χ0) is 14.6. The first-order chi connectivity index (χ1) is 8.82. The predicted molar refractivity (Wildman–Crippen MR) is 71.1 cm³/mol. The molecule has 0 bridgehead atoms. The van der Waals surface area contributed by atoms with E-state index in [1.165, 1.54) is 0 Å². The maximum Gasteiger partial charge on any atom is 0.303 e. The van der Waals surface area contributed by atoms with Crippen LogP contribution in [0.5, 0.6) is 0 Å². The molecule has 0 aromatic carbocycles. The van der Waals surface area contributed by atoms with Gasteiger partial charge in [0.2, 0.25) is 0 Å². The van der Waals surface area contributed by atoms with E-state index in [4.69, 9.17) is 5.11 Å². The topological polar surface area (TPSA) is 75.4 Å². The molecular weight excluding hydrogens is 246 g/mol. The highest BCUT2D eigenvalue weighted by molar-refractivity contribution is 5.95. The quantitative estimate of drug-likeness (QED) is 0.847. The van der Waals surface area contributed by atoms with Gasteiger partial charge in [-0.2, -0.15) is 5.10 Å². The zero-order valence-corrected chi connectivity index (χ0v) is 11.9. The molecule has 0 saturated heterocycles. The third kappa shape index (κ3) is 4.08. The van der Waals surface area contributed by atoms with Crippen LogP contribution in [0.1, 0.15) is 48.7 Å². The van der Waals surface area contributed by atoms with Gasteiger partial charge in [0, 0.05) is 33.3 Å². The van der Waals surface area contributed by atoms with E-state index in [0.717, 1.165) is 5.69 Å². The molecule has 1 heterocycles. The van der Waals surface area contributed by atoms with Gasteiger partial charge in [-0.1, -0.05) is 13.8 Å². The maximum absolute atomic E-state index is 12.3. The highest BCUT2D eigenvalue weighted by Crippen LogP contribution is 2.18. The van der Waals surface area contributed by atoms with Gasteiger partial charge in [-0.3, -0.25) is 14.3 Å². The molecule has 0 aliphatic heterocycles. The lowest BCUT2D eigenvalue weighted by Crippen LogP contribution is -2.28. The normalized spacial score (nSPS) is 10.8. The minimum Gasteiger partial charge on any atom is -0.481 e. The van der Waals surface area contributed by atoms with Crippen LogP contribution in [-0.2, 0) is 11.8 Å². The molecule has 0 spiro atoms. The van der Waals surface area contributed by atoms with Crippen LogP contribution in [0.25, 0.3) is 0 Å². The molecule has 6 nitrogen and oxygen atoms in total. The van der Waals surface area contributed by atoms with Crippen LogP contribution in [-0.4, -0.2) is 45.3 Å². The predicted octanol–water partition coefficient (Wildman–Crippen LogP) is 1.48. The number of hydrogen-bond acceptors (Lipinski definition) is 3. The number of hydrogen-bond donors (Lipinski definition) is 1. The molecule has 0 unspecified atom stereocenters. The fourth-order valence-corrected chi connectivity index (χ4v) is 1.87. The van der Waals surface area contributed by atoms with Crippen molar-refractivity contribution in [2.45, 2.75) is 32.6 Å². The first-order valence-electron chi connectivity index (χ1n) is 6.33. The van der Waals surface area contributed by atoms with Crippen molar-refractivity contribution in [2.75, 3.05) is 13.6 Å².